The zero-order chi connectivity index (χ0) is 14.0. The van der Waals surface area contributed by atoms with E-state index in [4.69, 9.17) is 5.73 Å². The summed E-state index contributed by atoms with van der Waals surface area (Å²) in [7, 11) is -3.27. The molecule has 2 unspecified atom stereocenters. The van der Waals surface area contributed by atoms with E-state index in [2.05, 4.69) is 13.8 Å². The van der Waals surface area contributed by atoms with Crippen LogP contribution < -0.4 is 5.73 Å². The molecule has 1 aromatic rings. The van der Waals surface area contributed by atoms with Crippen LogP contribution in [0.25, 0.3) is 0 Å². The predicted octanol–water partition coefficient (Wildman–Crippen LogP) is 2.08. The second kappa shape index (κ2) is 5.51. The maximum atomic E-state index is 12.5. The molecule has 1 aromatic carbocycles. The molecule has 19 heavy (non-hydrogen) atoms. The first-order chi connectivity index (χ1) is 8.88. The number of hydrogen-bond donors (Lipinski definition) is 1. The maximum absolute atomic E-state index is 12.5. The molecule has 0 aliphatic carbocycles. The van der Waals surface area contributed by atoms with E-state index >= 15 is 0 Å². The highest BCUT2D eigenvalue weighted by atomic mass is 32.2. The third-order valence-electron chi connectivity index (χ3n) is 3.62. The van der Waals surface area contributed by atoms with Crippen LogP contribution in [0.15, 0.2) is 24.3 Å². The van der Waals surface area contributed by atoms with E-state index in [0.29, 0.717) is 36.2 Å². The minimum absolute atomic E-state index is 0.000880. The Hall–Kier alpha value is -1.07. The summed E-state index contributed by atoms with van der Waals surface area (Å²) in [5.41, 5.74) is 7.06. The minimum atomic E-state index is -3.27. The largest absolute Gasteiger partial charge is 0.398 e. The Morgan fingerprint density at radius 3 is 2.37 bits per heavy atom. The molecular weight excluding hydrogens is 260 g/mol. The summed E-state index contributed by atoms with van der Waals surface area (Å²) >= 11 is 0. The monoisotopic (exact) mass is 282 g/mol. The molecular formula is C14H22N2O2S. The van der Waals surface area contributed by atoms with Crippen LogP contribution in [-0.2, 0) is 15.8 Å². The van der Waals surface area contributed by atoms with Crippen molar-refractivity contribution in [2.24, 2.45) is 11.8 Å². The van der Waals surface area contributed by atoms with Crippen molar-refractivity contribution in [3.8, 4) is 0 Å². The van der Waals surface area contributed by atoms with Gasteiger partial charge in [-0.3, -0.25) is 0 Å². The molecule has 2 atom stereocenters. The SMILES string of the molecule is CC1CC(C)CN(S(=O)(=O)Cc2ccccc2N)C1. The number of piperidine rings is 1. The van der Waals surface area contributed by atoms with Crippen LogP contribution in [0.1, 0.15) is 25.8 Å². The number of benzene rings is 1. The van der Waals surface area contributed by atoms with E-state index < -0.39 is 10.0 Å². The van der Waals surface area contributed by atoms with Gasteiger partial charge in [-0.05, 0) is 29.9 Å². The molecule has 0 amide bonds. The molecule has 5 heteroatoms. The van der Waals surface area contributed by atoms with Gasteiger partial charge in [0.1, 0.15) is 0 Å². The van der Waals surface area contributed by atoms with Crippen molar-refractivity contribution in [2.75, 3.05) is 18.8 Å². The second-order valence-corrected chi connectivity index (χ2v) is 7.69. The Bertz CT molecular complexity index is 532. The molecule has 0 saturated carbocycles. The van der Waals surface area contributed by atoms with Gasteiger partial charge in [0.25, 0.3) is 0 Å². The van der Waals surface area contributed by atoms with Crippen molar-refractivity contribution in [2.45, 2.75) is 26.0 Å². The fraction of sp³-hybridized carbons (Fsp3) is 0.571. The van der Waals surface area contributed by atoms with Crippen molar-refractivity contribution in [1.29, 1.82) is 0 Å². The summed E-state index contributed by atoms with van der Waals surface area (Å²) < 4.78 is 26.6. The first kappa shape index (κ1) is 14.3. The Kier molecular flexibility index (Phi) is 4.16. The number of anilines is 1. The van der Waals surface area contributed by atoms with Gasteiger partial charge in [-0.1, -0.05) is 32.0 Å². The molecule has 1 aliphatic rings. The summed E-state index contributed by atoms with van der Waals surface area (Å²) in [6, 6.07) is 7.16. The molecule has 1 heterocycles. The van der Waals surface area contributed by atoms with Crippen LogP contribution in [0.4, 0.5) is 5.69 Å². The number of hydrogen-bond acceptors (Lipinski definition) is 3. The van der Waals surface area contributed by atoms with Gasteiger partial charge in [0, 0.05) is 18.8 Å². The van der Waals surface area contributed by atoms with Gasteiger partial charge in [-0.25, -0.2) is 12.7 Å². The van der Waals surface area contributed by atoms with Gasteiger partial charge in [-0.15, -0.1) is 0 Å². The lowest BCUT2D eigenvalue weighted by Gasteiger charge is -2.34. The fourth-order valence-corrected chi connectivity index (χ4v) is 4.59. The van der Waals surface area contributed by atoms with Gasteiger partial charge in [0.2, 0.25) is 10.0 Å². The first-order valence-corrected chi connectivity index (χ1v) is 8.30. The van der Waals surface area contributed by atoms with Crippen molar-refractivity contribution in [3.05, 3.63) is 29.8 Å². The van der Waals surface area contributed by atoms with Crippen LogP contribution in [0.2, 0.25) is 0 Å². The topological polar surface area (TPSA) is 63.4 Å². The fourth-order valence-electron chi connectivity index (χ4n) is 2.79. The molecule has 1 aliphatic heterocycles. The van der Waals surface area contributed by atoms with Gasteiger partial charge in [0.15, 0.2) is 0 Å². The zero-order valence-corrected chi connectivity index (χ0v) is 12.4. The highest BCUT2D eigenvalue weighted by Gasteiger charge is 2.30. The number of para-hydroxylation sites is 1. The van der Waals surface area contributed by atoms with E-state index in [-0.39, 0.29) is 5.75 Å². The van der Waals surface area contributed by atoms with Crippen molar-refractivity contribution >= 4 is 15.7 Å². The number of nitrogen functional groups attached to an aromatic ring is 1. The van der Waals surface area contributed by atoms with Crippen molar-refractivity contribution in [3.63, 3.8) is 0 Å². The van der Waals surface area contributed by atoms with Gasteiger partial charge < -0.3 is 5.73 Å². The normalized spacial score (nSPS) is 25.4. The number of nitrogens with zero attached hydrogens (tertiary/aromatic N) is 1. The Balaban J connectivity index is 2.16. The van der Waals surface area contributed by atoms with E-state index in [1.807, 2.05) is 12.1 Å². The van der Waals surface area contributed by atoms with Crippen LogP contribution in [0.3, 0.4) is 0 Å². The minimum Gasteiger partial charge on any atom is -0.398 e. The molecule has 2 rings (SSSR count). The van der Waals surface area contributed by atoms with E-state index in [1.165, 1.54) is 0 Å². The predicted molar refractivity (Wildman–Crippen MR) is 78.0 cm³/mol. The Morgan fingerprint density at radius 1 is 1.21 bits per heavy atom. The molecule has 2 N–H and O–H groups in total. The first-order valence-electron chi connectivity index (χ1n) is 6.69. The molecule has 106 valence electrons. The van der Waals surface area contributed by atoms with Crippen molar-refractivity contribution < 1.29 is 8.42 Å². The quantitative estimate of drug-likeness (QED) is 0.863. The Labute approximate surface area is 115 Å². The number of sulfonamides is 1. The molecule has 0 spiro atoms. The van der Waals surface area contributed by atoms with Crippen LogP contribution in [0, 0.1) is 11.8 Å². The van der Waals surface area contributed by atoms with E-state index in [0.717, 1.165) is 6.42 Å². The van der Waals surface area contributed by atoms with Crippen LogP contribution in [-0.4, -0.2) is 25.8 Å². The molecule has 4 nitrogen and oxygen atoms in total. The van der Waals surface area contributed by atoms with Gasteiger partial charge >= 0.3 is 0 Å². The summed E-state index contributed by atoms with van der Waals surface area (Å²) in [6.07, 6.45) is 1.10. The molecule has 1 fully saturated rings. The van der Waals surface area contributed by atoms with E-state index in [9.17, 15) is 8.42 Å². The second-order valence-electron chi connectivity index (χ2n) is 5.72. The average Bonchev–Trinajstić information content (AvgIpc) is 2.31. The lowest BCUT2D eigenvalue weighted by molar-refractivity contribution is 0.222. The van der Waals surface area contributed by atoms with E-state index in [1.54, 1.807) is 16.4 Å². The maximum Gasteiger partial charge on any atom is 0.218 e. The Morgan fingerprint density at radius 2 is 1.79 bits per heavy atom. The summed E-state index contributed by atoms with van der Waals surface area (Å²) in [5, 5.41) is 0. The highest BCUT2D eigenvalue weighted by molar-refractivity contribution is 7.88. The smallest absolute Gasteiger partial charge is 0.218 e. The highest BCUT2D eigenvalue weighted by Crippen LogP contribution is 2.25. The number of rotatable bonds is 3. The summed E-state index contributed by atoms with van der Waals surface area (Å²) in [6.45, 7) is 5.46. The average molecular weight is 282 g/mol. The van der Waals surface area contributed by atoms with Crippen LogP contribution in [0.5, 0.6) is 0 Å². The lowest BCUT2D eigenvalue weighted by Crippen LogP contribution is -2.43. The zero-order valence-electron chi connectivity index (χ0n) is 11.5. The standard InChI is InChI=1S/C14H22N2O2S/c1-11-7-12(2)9-16(8-11)19(17,18)10-13-5-3-4-6-14(13)15/h3-6,11-12H,7-10,15H2,1-2H3. The summed E-state index contributed by atoms with van der Waals surface area (Å²) in [5.74, 6) is 0.845. The third kappa shape index (κ3) is 3.48. The van der Waals surface area contributed by atoms with Crippen LogP contribution >= 0.6 is 0 Å². The number of nitrogens with two attached hydrogens (primary N) is 1. The van der Waals surface area contributed by atoms with Gasteiger partial charge in [0.05, 0.1) is 5.75 Å². The molecule has 0 radical (unpaired) electrons. The third-order valence-corrected chi connectivity index (χ3v) is 5.38. The summed E-state index contributed by atoms with van der Waals surface area (Å²) in [4.78, 5) is 0. The lowest BCUT2D eigenvalue weighted by atomic mass is 9.94. The molecule has 0 bridgehead atoms. The molecule has 1 saturated heterocycles. The van der Waals surface area contributed by atoms with Crippen molar-refractivity contribution in [1.82, 2.24) is 4.31 Å². The van der Waals surface area contributed by atoms with Gasteiger partial charge in [-0.2, -0.15) is 0 Å². The molecule has 0 aromatic heterocycles.